The van der Waals surface area contributed by atoms with E-state index in [1.54, 1.807) is 0 Å². The number of nitrogens with one attached hydrogen (secondary N) is 1. The summed E-state index contributed by atoms with van der Waals surface area (Å²) in [6.07, 6.45) is 1.10. The zero-order chi connectivity index (χ0) is 15.6. The number of aromatic hydroxyl groups is 1. The molecule has 0 aliphatic rings. The third-order valence-corrected chi connectivity index (χ3v) is 2.81. The number of phenolic OH excluding ortho intramolecular Hbond substituents is 1. The first-order valence-corrected chi connectivity index (χ1v) is 6.01. The lowest BCUT2D eigenvalue weighted by atomic mass is 10.2. The predicted octanol–water partition coefficient (Wildman–Crippen LogP) is 1.11. The second-order valence-electron chi connectivity index (χ2n) is 3.98. The summed E-state index contributed by atoms with van der Waals surface area (Å²) in [5, 5.41) is 30.3. The lowest BCUT2D eigenvalue weighted by Crippen LogP contribution is -2.22. The van der Waals surface area contributed by atoms with Crippen molar-refractivity contribution in [2.45, 2.75) is 6.92 Å². The van der Waals surface area contributed by atoms with Crippen LogP contribution in [0.25, 0.3) is 0 Å². The van der Waals surface area contributed by atoms with Gasteiger partial charge in [-0.3, -0.25) is 20.0 Å². The summed E-state index contributed by atoms with van der Waals surface area (Å²) in [6, 6.07) is 3.45. The predicted molar refractivity (Wildman–Crippen MR) is 76.2 cm³/mol. The van der Waals surface area contributed by atoms with Gasteiger partial charge in [-0.05, 0) is 25.2 Å². The van der Waals surface area contributed by atoms with Crippen molar-refractivity contribution in [1.82, 2.24) is 14.9 Å². The highest BCUT2D eigenvalue weighted by Crippen LogP contribution is 2.21. The first-order valence-electron chi connectivity index (χ1n) is 5.60. The number of aromatic amines is 1. The molecule has 1 aromatic heterocycles. The molecule has 9 nitrogen and oxygen atoms in total. The zero-order valence-corrected chi connectivity index (χ0v) is 11.5. The lowest BCUT2D eigenvalue weighted by molar-refractivity contribution is -0.384. The van der Waals surface area contributed by atoms with Crippen molar-refractivity contribution in [2.75, 3.05) is 0 Å². The number of rotatable bonds is 3. The molecule has 0 fully saturated rings. The number of nitrogens with zero attached hydrogens (tertiary/aromatic N) is 4. The van der Waals surface area contributed by atoms with Crippen LogP contribution in [-0.4, -0.2) is 31.1 Å². The minimum atomic E-state index is -0.605. The van der Waals surface area contributed by atoms with E-state index >= 15 is 0 Å². The number of phenols is 1. The first kappa shape index (κ1) is 14.5. The van der Waals surface area contributed by atoms with E-state index in [0.29, 0.717) is 0 Å². The van der Waals surface area contributed by atoms with Crippen molar-refractivity contribution < 1.29 is 10.0 Å². The Morgan fingerprint density at radius 2 is 2.29 bits per heavy atom. The Morgan fingerprint density at radius 3 is 2.95 bits per heavy atom. The van der Waals surface area contributed by atoms with E-state index in [9.17, 15) is 20.0 Å². The fraction of sp³-hybridized carbons (Fsp3) is 0.0909. The molecule has 0 saturated heterocycles. The van der Waals surface area contributed by atoms with Gasteiger partial charge in [-0.1, -0.05) is 0 Å². The van der Waals surface area contributed by atoms with E-state index in [1.807, 2.05) is 0 Å². The lowest BCUT2D eigenvalue weighted by Gasteiger charge is -2.00. The third-order valence-electron chi connectivity index (χ3n) is 2.55. The fourth-order valence-electron chi connectivity index (χ4n) is 1.46. The Morgan fingerprint density at radius 1 is 1.57 bits per heavy atom. The summed E-state index contributed by atoms with van der Waals surface area (Å²) in [5.41, 5.74) is -0.499. The molecule has 0 atom stereocenters. The van der Waals surface area contributed by atoms with Crippen molar-refractivity contribution in [3.05, 3.63) is 54.7 Å². The molecule has 0 amide bonds. The van der Waals surface area contributed by atoms with Gasteiger partial charge < -0.3 is 5.11 Å². The average Bonchev–Trinajstić information content (AvgIpc) is 2.44. The molecule has 2 N–H and O–H groups in total. The molecular formula is C11H9N5O4S. The number of hydrogen-bond acceptors (Lipinski definition) is 7. The fourth-order valence-corrected chi connectivity index (χ4v) is 1.63. The van der Waals surface area contributed by atoms with E-state index in [1.165, 1.54) is 13.0 Å². The van der Waals surface area contributed by atoms with Crippen LogP contribution in [0.2, 0.25) is 0 Å². The van der Waals surface area contributed by atoms with Gasteiger partial charge in [0.1, 0.15) is 11.4 Å². The summed E-state index contributed by atoms with van der Waals surface area (Å²) in [7, 11) is 0. The highest BCUT2D eigenvalue weighted by molar-refractivity contribution is 7.71. The maximum atomic E-state index is 11.8. The van der Waals surface area contributed by atoms with Crippen LogP contribution >= 0.6 is 12.2 Å². The topological polar surface area (TPSA) is 126 Å². The van der Waals surface area contributed by atoms with E-state index in [0.717, 1.165) is 23.0 Å². The number of H-pyrrole nitrogens is 1. The molecule has 0 spiro atoms. The minimum Gasteiger partial charge on any atom is -0.507 e. The Hall–Kier alpha value is -2.88. The molecule has 2 rings (SSSR count). The van der Waals surface area contributed by atoms with Crippen molar-refractivity contribution >= 4 is 24.1 Å². The van der Waals surface area contributed by atoms with Gasteiger partial charge in [-0.15, -0.1) is 0 Å². The van der Waals surface area contributed by atoms with Gasteiger partial charge in [0.25, 0.3) is 11.2 Å². The Balaban J connectivity index is 2.50. The van der Waals surface area contributed by atoms with Gasteiger partial charge in [-0.2, -0.15) is 14.9 Å². The van der Waals surface area contributed by atoms with Crippen LogP contribution in [0, 0.1) is 21.8 Å². The molecule has 21 heavy (non-hydrogen) atoms. The molecule has 108 valence electrons. The summed E-state index contributed by atoms with van der Waals surface area (Å²) in [4.78, 5) is 21.9. The molecule has 1 heterocycles. The second kappa shape index (κ2) is 5.63. The van der Waals surface area contributed by atoms with Crippen LogP contribution in [0.4, 0.5) is 5.69 Å². The molecular weight excluding hydrogens is 298 g/mol. The normalized spacial score (nSPS) is 10.9. The third kappa shape index (κ3) is 3.00. The number of non-ortho nitro benzene ring substituents is 1. The van der Waals surface area contributed by atoms with Crippen molar-refractivity contribution in [3.63, 3.8) is 0 Å². The quantitative estimate of drug-likeness (QED) is 0.378. The average molecular weight is 307 g/mol. The maximum absolute atomic E-state index is 11.8. The van der Waals surface area contributed by atoms with Crippen LogP contribution in [0.5, 0.6) is 5.75 Å². The smallest absolute Gasteiger partial charge is 0.296 e. The number of hydrogen-bond donors (Lipinski definition) is 2. The number of nitro groups is 1. The molecule has 2 aromatic rings. The number of aromatic nitrogens is 3. The largest absolute Gasteiger partial charge is 0.507 e. The summed E-state index contributed by atoms with van der Waals surface area (Å²) in [5.74, 6) is -0.210. The summed E-state index contributed by atoms with van der Waals surface area (Å²) >= 11 is 4.88. The van der Waals surface area contributed by atoms with Gasteiger partial charge in [-0.25, -0.2) is 0 Å². The van der Waals surface area contributed by atoms with Gasteiger partial charge in [0.05, 0.1) is 11.1 Å². The second-order valence-corrected chi connectivity index (χ2v) is 4.36. The van der Waals surface area contributed by atoms with Gasteiger partial charge in [0.2, 0.25) is 4.77 Å². The van der Waals surface area contributed by atoms with Crippen LogP contribution < -0.4 is 5.56 Å². The Kier molecular flexibility index (Phi) is 3.89. The highest BCUT2D eigenvalue weighted by atomic mass is 32.1. The van der Waals surface area contributed by atoms with E-state index in [2.05, 4.69) is 15.3 Å². The summed E-state index contributed by atoms with van der Waals surface area (Å²) in [6.45, 7) is 1.48. The molecule has 0 radical (unpaired) electrons. The molecule has 0 aliphatic carbocycles. The first-order chi connectivity index (χ1) is 9.90. The van der Waals surface area contributed by atoms with Crippen LogP contribution in [0.1, 0.15) is 11.3 Å². The number of benzene rings is 1. The van der Waals surface area contributed by atoms with Gasteiger partial charge in [0, 0.05) is 17.7 Å². The van der Waals surface area contributed by atoms with E-state index in [-0.39, 0.29) is 27.5 Å². The molecule has 0 unspecified atom stereocenters. The van der Waals surface area contributed by atoms with E-state index < -0.39 is 10.5 Å². The van der Waals surface area contributed by atoms with Gasteiger partial charge >= 0.3 is 0 Å². The molecule has 10 heteroatoms. The minimum absolute atomic E-state index is 0.0354. The zero-order valence-electron chi connectivity index (χ0n) is 10.7. The Labute approximate surface area is 122 Å². The number of aryl methyl sites for hydroxylation is 1. The van der Waals surface area contributed by atoms with Crippen molar-refractivity contribution in [3.8, 4) is 5.75 Å². The maximum Gasteiger partial charge on any atom is 0.296 e. The van der Waals surface area contributed by atoms with Crippen LogP contribution in [0.3, 0.4) is 0 Å². The molecule has 1 aromatic carbocycles. The van der Waals surface area contributed by atoms with E-state index in [4.69, 9.17) is 12.2 Å². The van der Waals surface area contributed by atoms with Crippen LogP contribution in [0.15, 0.2) is 28.1 Å². The van der Waals surface area contributed by atoms with Crippen LogP contribution in [-0.2, 0) is 0 Å². The number of nitro benzene ring substituents is 1. The molecule has 0 aliphatic heterocycles. The van der Waals surface area contributed by atoms with Crippen molar-refractivity contribution in [1.29, 1.82) is 0 Å². The molecule has 0 saturated carbocycles. The summed E-state index contributed by atoms with van der Waals surface area (Å²) < 4.78 is 0.836. The van der Waals surface area contributed by atoms with Crippen molar-refractivity contribution in [2.24, 2.45) is 5.10 Å². The Bertz CT molecular complexity index is 854. The van der Waals surface area contributed by atoms with Gasteiger partial charge in [0.15, 0.2) is 0 Å². The monoisotopic (exact) mass is 307 g/mol. The SMILES string of the molecule is Cc1n[nH]c(=S)n(/N=C\c2cc([N+](=O)[O-])ccc2O)c1=O. The highest BCUT2D eigenvalue weighted by Gasteiger charge is 2.09. The standard InChI is InChI=1S/C11H9N5O4S/c1-6-10(18)15(11(21)14-13-6)12-5-7-4-8(16(19)20)2-3-9(7)17/h2-5,17H,1H3,(H,14,21)/b12-5-. The molecule has 0 bridgehead atoms.